The minimum Gasteiger partial charge on any atom is -0.494 e. The topological polar surface area (TPSA) is 85.3 Å². The van der Waals surface area contributed by atoms with Gasteiger partial charge in [0.1, 0.15) is 11.5 Å². The Kier molecular flexibility index (Phi) is 20.6. The number of phosphoric ester groups is 1. The molecule has 1 rings (SSSR count). The summed E-state index contributed by atoms with van der Waals surface area (Å²) in [5, 5.41) is 0. The van der Waals surface area contributed by atoms with Crippen molar-refractivity contribution in [3.63, 3.8) is 0 Å². The van der Waals surface area contributed by atoms with E-state index in [1.165, 1.54) is 77.6 Å². The summed E-state index contributed by atoms with van der Waals surface area (Å²) in [4.78, 5) is 23.7. The predicted molar refractivity (Wildman–Crippen MR) is 160 cm³/mol. The number of unbranched alkanes of at least 4 members (excludes halogenated alkanes) is 11. The second kappa shape index (κ2) is 22.4. The van der Waals surface area contributed by atoms with E-state index in [0.29, 0.717) is 12.8 Å². The van der Waals surface area contributed by atoms with Gasteiger partial charge in [0.25, 0.3) is 0 Å². The second-order valence-corrected chi connectivity index (χ2v) is 12.6. The van der Waals surface area contributed by atoms with Gasteiger partial charge in [0.05, 0.1) is 19.8 Å². The molecule has 1 aromatic rings. The van der Waals surface area contributed by atoms with Crippen LogP contribution < -0.4 is 4.74 Å². The molecule has 0 aliphatic heterocycles. The molecular weight excluding hydrogens is 513 g/mol. The summed E-state index contributed by atoms with van der Waals surface area (Å²) in [5.41, 5.74) is 1.03. The van der Waals surface area contributed by atoms with Gasteiger partial charge in [0.2, 0.25) is 0 Å². The molecule has 0 fully saturated rings. The number of benzene rings is 1. The summed E-state index contributed by atoms with van der Waals surface area (Å²) < 4.78 is 28.4. The molecule has 1 N–H and O–H groups in total. The number of ether oxygens (including phenoxy) is 1. The molecular formula is C31H56NO6P. The maximum absolute atomic E-state index is 12.2. The van der Waals surface area contributed by atoms with Crippen molar-refractivity contribution in [1.82, 2.24) is 4.90 Å². The van der Waals surface area contributed by atoms with Crippen LogP contribution in [0.1, 0.15) is 109 Å². The number of nitrogens with zero attached hydrogens (tertiary/aromatic N) is 1. The van der Waals surface area contributed by atoms with Crippen molar-refractivity contribution in [3.05, 3.63) is 29.8 Å². The second-order valence-electron chi connectivity index (χ2n) is 11.1. The molecule has 0 saturated carbocycles. The normalized spacial score (nSPS) is 13.9. The van der Waals surface area contributed by atoms with Crippen LogP contribution in [0.5, 0.6) is 5.75 Å². The molecule has 2 unspecified atom stereocenters. The molecule has 0 aliphatic carbocycles. The highest BCUT2D eigenvalue weighted by Gasteiger charge is 2.24. The van der Waals surface area contributed by atoms with Crippen molar-refractivity contribution in [1.29, 1.82) is 0 Å². The third-order valence-corrected chi connectivity index (χ3v) is 7.75. The first-order chi connectivity index (χ1) is 18.7. The summed E-state index contributed by atoms with van der Waals surface area (Å²) >= 11 is 0. The van der Waals surface area contributed by atoms with Crippen LogP contribution in [0.2, 0.25) is 0 Å². The lowest BCUT2D eigenvalue weighted by Gasteiger charge is -2.19. The molecule has 0 saturated heterocycles. The van der Waals surface area contributed by atoms with E-state index in [2.05, 4.69) is 6.92 Å². The Morgan fingerprint density at radius 2 is 1.41 bits per heavy atom. The number of Topliss-reactive ketones (excluding diaryl/α,β-unsaturated/α-hetero) is 1. The molecule has 0 aliphatic rings. The Morgan fingerprint density at radius 3 is 1.95 bits per heavy atom. The molecule has 0 radical (unpaired) electrons. The van der Waals surface area contributed by atoms with Crippen molar-refractivity contribution < 1.29 is 28.0 Å². The van der Waals surface area contributed by atoms with E-state index in [1.54, 1.807) is 0 Å². The molecule has 0 heterocycles. The maximum atomic E-state index is 12.2. The van der Waals surface area contributed by atoms with E-state index < -0.39 is 7.82 Å². The standard InChI is InChI=1S/C31H56NO6P/c1-5-6-7-8-9-10-11-12-13-14-15-16-23-36-31-20-18-29(19-21-31)26-30(25-28(2)33)27-38-39(34,35)37-24-17-22-32(3)4/h18-21,30H,5-17,22-27H2,1-4H3,(H,34,35). The molecule has 2 atom stereocenters. The van der Waals surface area contributed by atoms with E-state index >= 15 is 0 Å². The molecule has 8 heteroatoms. The number of carbonyl (C=O) groups excluding carboxylic acids is 1. The third kappa shape index (κ3) is 21.2. The van der Waals surface area contributed by atoms with Gasteiger partial charge in [-0.25, -0.2) is 4.57 Å². The average molecular weight is 570 g/mol. The van der Waals surface area contributed by atoms with Gasteiger partial charge in [0, 0.05) is 6.42 Å². The first-order valence-electron chi connectivity index (χ1n) is 15.2. The summed E-state index contributed by atoms with van der Waals surface area (Å²) in [7, 11) is -0.285. The van der Waals surface area contributed by atoms with Gasteiger partial charge in [-0.2, -0.15) is 0 Å². The number of carbonyl (C=O) groups is 1. The molecule has 39 heavy (non-hydrogen) atoms. The van der Waals surface area contributed by atoms with Gasteiger partial charge < -0.3 is 19.3 Å². The molecule has 0 amide bonds. The largest absolute Gasteiger partial charge is 0.494 e. The molecule has 1 aromatic carbocycles. The van der Waals surface area contributed by atoms with E-state index in [9.17, 15) is 14.3 Å². The maximum Gasteiger partial charge on any atom is 0.472 e. The highest BCUT2D eigenvalue weighted by molar-refractivity contribution is 7.47. The zero-order valence-electron chi connectivity index (χ0n) is 25.2. The number of hydrogen-bond acceptors (Lipinski definition) is 6. The summed E-state index contributed by atoms with van der Waals surface area (Å²) in [6.45, 7) is 5.39. The minimum atomic E-state index is -4.15. The van der Waals surface area contributed by atoms with Crippen molar-refractivity contribution in [3.8, 4) is 5.75 Å². The number of rotatable bonds is 26. The Labute approximate surface area is 238 Å². The average Bonchev–Trinajstić information content (AvgIpc) is 2.88. The minimum absolute atomic E-state index is 0.0156. The van der Waals surface area contributed by atoms with Gasteiger partial charge in [-0.3, -0.25) is 9.05 Å². The lowest BCUT2D eigenvalue weighted by molar-refractivity contribution is -0.118. The predicted octanol–water partition coefficient (Wildman–Crippen LogP) is 7.99. The lowest BCUT2D eigenvalue weighted by atomic mass is 9.95. The monoisotopic (exact) mass is 569 g/mol. The third-order valence-electron chi connectivity index (χ3n) is 6.77. The highest BCUT2D eigenvalue weighted by Crippen LogP contribution is 2.44. The quantitative estimate of drug-likeness (QED) is 0.0894. The zero-order valence-corrected chi connectivity index (χ0v) is 26.1. The van der Waals surface area contributed by atoms with Gasteiger partial charge in [0.15, 0.2) is 0 Å². The first kappa shape index (κ1) is 35.8. The fourth-order valence-corrected chi connectivity index (χ4v) is 5.42. The summed E-state index contributed by atoms with van der Waals surface area (Å²) in [6.07, 6.45) is 17.4. The first-order valence-corrected chi connectivity index (χ1v) is 16.7. The van der Waals surface area contributed by atoms with Crippen molar-refractivity contribution in [2.24, 2.45) is 5.92 Å². The van der Waals surface area contributed by atoms with Crippen molar-refractivity contribution in [2.45, 2.75) is 110 Å². The number of hydrogen-bond donors (Lipinski definition) is 1. The summed E-state index contributed by atoms with van der Waals surface area (Å²) in [6, 6.07) is 7.88. The van der Waals surface area contributed by atoms with Gasteiger partial charge in [-0.15, -0.1) is 0 Å². The van der Waals surface area contributed by atoms with E-state index in [1.807, 2.05) is 43.3 Å². The molecule has 0 spiro atoms. The van der Waals surface area contributed by atoms with Crippen LogP contribution in [0.15, 0.2) is 24.3 Å². The Balaban J connectivity index is 2.26. The fraction of sp³-hybridized carbons (Fsp3) is 0.774. The summed E-state index contributed by atoms with van der Waals surface area (Å²) in [5.74, 6) is 0.652. The van der Waals surface area contributed by atoms with E-state index in [4.69, 9.17) is 13.8 Å². The van der Waals surface area contributed by atoms with Crippen LogP contribution in [0.25, 0.3) is 0 Å². The Hall–Kier alpha value is -1.24. The molecule has 226 valence electrons. The molecule has 0 bridgehead atoms. The number of phosphoric acid groups is 1. The highest BCUT2D eigenvalue weighted by atomic mass is 31.2. The fourth-order valence-electron chi connectivity index (χ4n) is 4.58. The van der Waals surface area contributed by atoms with Gasteiger partial charge in [-0.1, -0.05) is 89.7 Å². The molecule has 0 aromatic heterocycles. The van der Waals surface area contributed by atoms with Crippen LogP contribution in [0, 0.1) is 5.92 Å². The molecule has 7 nitrogen and oxygen atoms in total. The SMILES string of the molecule is CCCCCCCCCCCCCCOc1ccc(CC(COP(=O)(O)OCCCN(C)C)CC(C)=O)cc1. The van der Waals surface area contributed by atoms with Crippen LogP contribution in [0.4, 0.5) is 0 Å². The van der Waals surface area contributed by atoms with Crippen LogP contribution in [-0.2, 0) is 24.8 Å². The Morgan fingerprint density at radius 1 is 0.846 bits per heavy atom. The lowest BCUT2D eigenvalue weighted by Crippen LogP contribution is -2.17. The Bertz CT molecular complexity index is 786. The van der Waals surface area contributed by atoms with Crippen LogP contribution >= 0.6 is 7.82 Å². The van der Waals surface area contributed by atoms with Crippen LogP contribution in [-0.4, -0.2) is 56.0 Å². The van der Waals surface area contributed by atoms with Crippen LogP contribution in [0.3, 0.4) is 0 Å². The van der Waals surface area contributed by atoms with E-state index in [0.717, 1.165) is 30.9 Å². The van der Waals surface area contributed by atoms with Crippen molar-refractivity contribution in [2.75, 3.05) is 40.5 Å². The number of ketones is 1. The van der Waals surface area contributed by atoms with Gasteiger partial charge in [-0.05, 0) is 70.4 Å². The zero-order chi connectivity index (χ0) is 28.8. The van der Waals surface area contributed by atoms with Gasteiger partial charge >= 0.3 is 7.82 Å². The smallest absolute Gasteiger partial charge is 0.472 e. The van der Waals surface area contributed by atoms with E-state index in [-0.39, 0.29) is 31.3 Å². The van der Waals surface area contributed by atoms with Crippen molar-refractivity contribution >= 4 is 13.6 Å².